The first kappa shape index (κ1) is 27.3. The minimum Gasteiger partial charge on any atom is -0.459 e. The molecule has 7 atom stereocenters. The van der Waals surface area contributed by atoms with Crippen LogP contribution in [0.5, 0.6) is 0 Å². The number of hydrogen-bond acceptors (Lipinski definition) is 7. The quantitative estimate of drug-likeness (QED) is 0.307. The summed E-state index contributed by atoms with van der Waals surface area (Å²) in [6.07, 6.45) is 9.09. The standard InChI is InChI=1S/C30H46O7/c1-19-7-9-21(26(2,3)23(19)12-11-22-24(31)18-34-25(22)32)10-8-20-13-14-30(35-17-20)28(6)15-16-29(33,37-30)27(4,5)36-28/h11,20-21,23-24,31,33H,1,7-10,12-18H2,2-6H3/b22-11+/t20-,21+,23+,24?,28-,29-,30+/m1/s1. The van der Waals surface area contributed by atoms with Crippen molar-refractivity contribution in [3.05, 3.63) is 23.8 Å². The molecule has 6 rings (SSSR count). The van der Waals surface area contributed by atoms with Crippen molar-refractivity contribution < 1.29 is 34.0 Å². The van der Waals surface area contributed by atoms with Gasteiger partial charge in [-0.15, -0.1) is 0 Å². The summed E-state index contributed by atoms with van der Waals surface area (Å²) in [5, 5.41) is 21.3. The van der Waals surface area contributed by atoms with Gasteiger partial charge in [0.15, 0.2) is 5.79 Å². The molecule has 0 aromatic rings. The topological polar surface area (TPSA) is 94.5 Å². The zero-order valence-corrected chi connectivity index (χ0v) is 23.3. The minimum absolute atomic E-state index is 0.0401. The lowest BCUT2D eigenvalue weighted by atomic mass is 9.58. The molecule has 0 aromatic heterocycles. The number of allylic oxidation sites excluding steroid dienone is 2. The number of cyclic esters (lactones) is 1. The molecule has 208 valence electrons. The van der Waals surface area contributed by atoms with E-state index in [0.29, 0.717) is 36.9 Å². The van der Waals surface area contributed by atoms with Crippen molar-refractivity contribution in [3.8, 4) is 0 Å². The van der Waals surface area contributed by atoms with E-state index < -0.39 is 34.8 Å². The number of hydrogen-bond donors (Lipinski definition) is 2. The SMILES string of the molecule is C=C1CC[C@@H](CC[C@@H]2CC[C@]3(OC2)O[C@]2(O)CC[C@@]3(C)OC2(C)C)C(C)(C)[C@H]1C/C=C1/C(=O)OCC1O. The van der Waals surface area contributed by atoms with E-state index >= 15 is 0 Å². The molecule has 2 N–H and O–H groups in total. The maximum absolute atomic E-state index is 12.0. The average Bonchev–Trinajstić information content (AvgIpc) is 3.13. The lowest BCUT2D eigenvalue weighted by molar-refractivity contribution is -0.522. The lowest BCUT2D eigenvalue weighted by Crippen LogP contribution is -2.78. The third kappa shape index (κ3) is 4.43. The Morgan fingerprint density at radius 3 is 2.41 bits per heavy atom. The fourth-order valence-electron chi connectivity index (χ4n) is 7.82. The second-order valence-corrected chi connectivity index (χ2v) is 13.6. The third-order valence-corrected chi connectivity index (χ3v) is 10.7. The maximum atomic E-state index is 12.0. The number of aliphatic hydroxyl groups is 2. The van der Waals surface area contributed by atoms with E-state index in [0.717, 1.165) is 44.9 Å². The molecule has 1 aliphatic carbocycles. The first-order chi connectivity index (χ1) is 17.2. The van der Waals surface area contributed by atoms with Crippen molar-refractivity contribution in [2.75, 3.05) is 13.2 Å². The van der Waals surface area contributed by atoms with Gasteiger partial charge in [0, 0.05) is 12.8 Å². The van der Waals surface area contributed by atoms with Gasteiger partial charge in [0.25, 0.3) is 0 Å². The number of esters is 1. The largest absolute Gasteiger partial charge is 0.459 e. The van der Waals surface area contributed by atoms with Crippen molar-refractivity contribution >= 4 is 5.97 Å². The summed E-state index contributed by atoms with van der Waals surface area (Å²) in [7, 11) is 0. The highest BCUT2D eigenvalue weighted by Gasteiger charge is 2.71. The Hall–Kier alpha value is -1.25. The fourth-order valence-corrected chi connectivity index (χ4v) is 7.82. The molecule has 5 aliphatic heterocycles. The Balaban J connectivity index is 1.19. The van der Waals surface area contributed by atoms with E-state index in [1.165, 1.54) is 5.57 Å². The molecule has 6 aliphatic rings. The van der Waals surface area contributed by atoms with Gasteiger partial charge in [-0.2, -0.15) is 0 Å². The van der Waals surface area contributed by atoms with Gasteiger partial charge < -0.3 is 29.2 Å². The Morgan fingerprint density at radius 1 is 1.03 bits per heavy atom. The van der Waals surface area contributed by atoms with Gasteiger partial charge in [0.05, 0.1) is 12.2 Å². The first-order valence-electron chi connectivity index (χ1n) is 14.2. The molecule has 5 heterocycles. The molecule has 0 aromatic carbocycles. The molecule has 1 unspecified atom stereocenters. The molecule has 1 saturated carbocycles. The second kappa shape index (κ2) is 9.16. The molecule has 7 nitrogen and oxygen atoms in total. The Bertz CT molecular complexity index is 959. The Labute approximate surface area is 221 Å². The van der Waals surface area contributed by atoms with Gasteiger partial charge in [-0.25, -0.2) is 4.79 Å². The number of fused-ring (bicyclic) bond motifs is 2. The molecule has 0 radical (unpaired) electrons. The zero-order valence-electron chi connectivity index (χ0n) is 23.3. The summed E-state index contributed by atoms with van der Waals surface area (Å²) in [4.78, 5) is 12.0. The van der Waals surface area contributed by atoms with Crippen molar-refractivity contribution in [1.29, 1.82) is 0 Å². The summed E-state index contributed by atoms with van der Waals surface area (Å²) < 4.78 is 24.2. The molecule has 6 fully saturated rings. The molecular formula is C30H46O7. The normalized spacial score (nSPS) is 46.0. The van der Waals surface area contributed by atoms with E-state index in [1.807, 2.05) is 19.9 Å². The van der Waals surface area contributed by atoms with Crippen LogP contribution in [0.4, 0.5) is 0 Å². The first-order valence-corrected chi connectivity index (χ1v) is 14.2. The van der Waals surface area contributed by atoms with Crippen LogP contribution in [0.25, 0.3) is 0 Å². The van der Waals surface area contributed by atoms with E-state index in [1.54, 1.807) is 0 Å². The van der Waals surface area contributed by atoms with Crippen molar-refractivity contribution in [3.63, 3.8) is 0 Å². The predicted molar refractivity (Wildman–Crippen MR) is 138 cm³/mol. The molecule has 0 amide bonds. The Morgan fingerprint density at radius 2 is 1.78 bits per heavy atom. The van der Waals surface area contributed by atoms with Crippen molar-refractivity contribution in [2.24, 2.45) is 23.2 Å². The number of rotatable bonds is 5. The minimum atomic E-state index is -1.32. The number of carbonyl (C=O) groups excluding carboxylic acids is 1. The number of ether oxygens (including phenoxy) is 4. The molecule has 2 bridgehead atoms. The summed E-state index contributed by atoms with van der Waals surface area (Å²) in [6.45, 7) is 15.6. The number of aliphatic hydroxyl groups excluding tert-OH is 1. The molecule has 5 saturated heterocycles. The van der Waals surface area contributed by atoms with Crippen LogP contribution in [-0.4, -0.2) is 58.3 Å². The summed E-state index contributed by atoms with van der Waals surface area (Å²) >= 11 is 0. The highest BCUT2D eigenvalue weighted by molar-refractivity contribution is 5.91. The van der Waals surface area contributed by atoms with E-state index in [-0.39, 0.29) is 17.9 Å². The summed E-state index contributed by atoms with van der Waals surface area (Å²) in [5.41, 5.74) is 0.353. The van der Waals surface area contributed by atoms with Gasteiger partial charge in [0.2, 0.25) is 5.79 Å². The third-order valence-electron chi connectivity index (χ3n) is 10.7. The van der Waals surface area contributed by atoms with Crippen LogP contribution >= 0.6 is 0 Å². The van der Waals surface area contributed by atoms with Crippen LogP contribution < -0.4 is 0 Å². The predicted octanol–water partition coefficient (Wildman–Crippen LogP) is 4.80. The van der Waals surface area contributed by atoms with Gasteiger partial charge in [-0.05, 0) is 88.9 Å². The van der Waals surface area contributed by atoms with Crippen LogP contribution in [0, 0.1) is 23.2 Å². The van der Waals surface area contributed by atoms with Gasteiger partial charge in [-0.1, -0.05) is 32.1 Å². The van der Waals surface area contributed by atoms with Crippen LogP contribution in [0.3, 0.4) is 0 Å². The Kier molecular flexibility index (Phi) is 6.76. The zero-order chi connectivity index (χ0) is 26.9. The second-order valence-electron chi connectivity index (χ2n) is 13.6. The van der Waals surface area contributed by atoms with Gasteiger partial charge in [-0.3, -0.25) is 0 Å². The highest BCUT2D eigenvalue weighted by atomic mass is 16.8. The lowest BCUT2D eigenvalue weighted by Gasteiger charge is -2.66. The fraction of sp³-hybridized carbons (Fsp3) is 0.833. The highest BCUT2D eigenvalue weighted by Crippen LogP contribution is 2.59. The van der Waals surface area contributed by atoms with Gasteiger partial charge in [0.1, 0.15) is 23.9 Å². The van der Waals surface area contributed by atoms with Crippen LogP contribution in [0.1, 0.15) is 92.4 Å². The monoisotopic (exact) mass is 518 g/mol. The summed E-state index contributed by atoms with van der Waals surface area (Å²) in [6, 6.07) is 0. The number of carbonyl (C=O) groups is 1. The maximum Gasteiger partial charge on any atom is 0.336 e. The van der Waals surface area contributed by atoms with Crippen LogP contribution in [0.15, 0.2) is 23.8 Å². The van der Waals surface area contributed by atoms with E-state index in [2.05, 4.69) is 27.4 Å². The van der Waals surface area contributed by atoms with E-state index in [4.69, 9.17) is 18.9 Å². The smallest absolute Gasteiger partial charge is 0.336 e. The molecule has 7 heteroatoms. The summed E-state index contributed by atoms with van der Waals surface area (Å²) in [5.74, 6) is -1.34. The molecule has 37 heavy (non-hydrogen) atoms. The average molecular weight is 519 g/mol. The van der Waals surface area contributed by atoms with Gasteiger partial charge >= 0.3 is 5.97 Å². The molecule has 1 spiro atoms. The van der Waals surface area contributed by atoms with Crippen molar-refractivity contribution in [2.45, 2.75) is 121 Å². The van der Waals surface area contributed by atoms with Crippen LogP contribution in [0.2, 0.25) is 0 Å². The van der Waals surface area contributed by atoms with E-state index in [9.17, 15) is 15.0 Å². The van der Waals surface area contributed by atoms with Crippen molar-refractivity contribution in [1.82, 2.24) is 0 Å². The molecular weight excluding hydrogens is 472 g/mol. The van der Waals surface area contributed by atoms with Crippen LogP contribution in [-0.2, 0) is 23.7 Å².